The highest BCUT2D eigenvalue weighted by Gasteiger charge is 2.28. The summed E-state index contributed by atoms with van der Waals surface area (Å²) in [6, 6.07) is 4.96. The lowest BCUT2D eigenvalue weighted by Gasteiger charge is -2.24. The van der Waals surface area contributed by atoms with E-state index in [0.29, 0.717) is 11.1 Å². The van der Waals surface area contributed by atoms with E-state index in [1.165, 1.54) is 6.92 Å². The number of hydrogen-bond donors (Lipinski definition) is 2. The van der Waals surface area contributed by atoms with Gasteiger partial charge in [-0.3, -0.25) is 0 Å². The lowest BCUT2D eigenvalue weighted by Crippen LogP contribution is -2.29. The summed E-state index contributed by atoms with van der Waals surface area (Å²) in [5.74, 6) is -0.488. The van der Waals surface area contributed by atoms with Crippen molar-refractivity contribution in [3.05, 3.63) is 41.0 Å². The van der Waals surface area contributed by atoms with Gasteiger partial charge in [0.25, 0.3) is 0 Å². The topological polar surface area (TPSA) is 66.8 Å². The molecule has 1 aromatic carbocycles. The molecule has 4 nitrogen and oxygen atoms in total. The first kappa shape index (κ1) is 15.2. The Labute approximate surface area is 113 Å². The van der Waals surface area contributed by atoms with Crippen molar-refractivity contribution >= 4 is 5.97 Å². The van der Waals surface area contributed by atoms with Crippen molar-refractivity contribution < 1.29 is 19.7 Å². The average molecular weight is 264 g/mol. The average Bonchev–Trinajstić information content (AvgIpc) is 2.34. The minimum absolute atomic E-state index is 0.0104. The molecule has 0 saturated heterocycles. The van der Waals surface area contributed by atoms with Crippen molar-refractivity contribution in [2.75, 3.05) is 6.61 Å². The Hall–Kier alpha value is -1.81. The van der Waals surface area contributed by atoms with Crippen LogP contribution in [0.1, 0.15) is 31.9 Å². The van der Waals surface area contributed by atoms with Gasteiger partial charge in [0.15, 0.2) is 0 Å². The second-order valence-electron chi connectivity index (χ2n) is 4.84. The largest absolute Gasteiger partial charge is 0.508 e. The highest BCUT2D eigenvalue weighted by atomic mass is 16.5. The molecule has 0 aliphatic rings. The molecule has 0 heterocycles. The lowest BCUT2D eigenvalue weighted by atomic mass is 9.95. The molecule has 104 valence electrons. The number of rotatable bonds is 4. The van der Waals surface area contributed by atoms with Gasteiger partial charge >= 0.3 is 5.97 Å². The Bertz CT molecular complexity index is 501. The van der Waals surface area contributed by atoms with Crippen molar-refractivity contribution in [1.29, 1.82) is 0 Å². The molecule has 0 saturated carbocycles. The molecule has 0 spiro atoms. The molecule has 4 heteroatoms. The molecule has 0 aliphatic carbocycles. The van der Waals surface area contributed by atoms with Crippen molar-refractivity contribution in [2.24, 2.45) is 0 Å². The molecule has 0 bridgehead atoms. The summed E-state index contributed by atoms with van der Waals surface area (Å²) in [6.45, 7) is 6.50. The Kier molecular flexibility index (Phi) is 4.72. The highest BCUT2D eigenvalue weighted by molar-refractivity contribution is 5.87. The summed E-state index contributed by atoms with van der Waals surface area (Å²) in [5.41, 5.74) is 0.272. The van der Waals surface area contributed by atoms with Gasteiger partial charge in [-0.25, -0.2) is 4.79 Å². The van der Waals surface area contributed by atoms with E-state index in [-0.39, 0.29) is 12.4 Å². The molecule has 1 aromatic rings. The second-order valence-corrected chi connectivity index (χ2v) is 4.84. The van der Waals surface area contributed by atoms with Crippen LogP contribution >= 0.6 is 0 Å². The van der Waals surface area contributed by atoms with Gasteiger partial charge in [-0.2, -0.15) is 0 Å². The van der Waals surface area contributed by atoms with Crippen LogP contribution in [0.3, 0.4) is 0 Å². The number of phenols is 1. The first-order valence-electron chi connectivity index (χ1n) is 6.10. The zero-order chi connectivity index (χ0) is 14.6. The Morgan fingerprint density at radius 1 is 1.47 bits per heavy atom. The molecular formula is C15H20O4. The number of ether oxygens (including phenoxy) is 1. The molecule has 0 amide bonds. The van der Waals surface area contributed by atoms with Crippen molar-refractivity contribution in [3.8, 4) is 5.75 Å². The van der Waals surface area contributed by atoms with Gasteiger partial charge in [0.1, 0.15) is 18.0 Å². The molecule has 0 aliphatic heterocycles. The lowest BCUT2D eigenvalue weighted by molar-refractivity contribution is -0.146. The van der Waals surface area contributed by atoms with Crippen LogP contribution in [0.25, 0.3) is 0 Å². The van der Waals surface area contributed by atoms with Crippen LogP contribution in [0.2, 0.25) is 0 Å². The summed E-state index contributed by atoms with van der Waals surface area (Å²) >= 11 is 0. The number of aryl methyl sites for hydroxylation is 1. The molecule has 1 rings (SSSR count). The van der Waals surface area contributed by atoms with Gasteiger partial charge in [0.05, 0.1) is 0 Å². The third kappa shape index (κ3) is 3.83. The maximum Gasteiger partial charge on any atom is 0.333 e. The fourth-order valence-electron chi connectivity index (χ4n) is 1.61. The number of aromatic hydroxyl groups is 1. The van der Waals surface area contributed by atoms with E-state index in [0.717, 1.165) is 5.56 Å². The monoisotopic (exact) mass is 264 g/mol. The predicted molar refractivity (Wildman–Crippen MR) is 72.8 cm³/mol. The van der Waals surface area contributed by atoms with E-state index in [1.54, 1.807) is 38.1 Å². The first-order chi connectivity index (χ1) is 8.77. The fraction of sp³-hybridized carbons (Fsp3) is 0.400. The number of benzene rings is 1. The summed E-state index contributed by atoms with van der Waals surface area (Å²) in [6.07, 6.45) is 1.64. The summed E-state index contributed by atoms with van der Waals surface area (Å²) in [7, 11) is 0. The molecule has 0 radical (unpaired) electrons. The maximum absolute atomic E-state index is 11.5. The van der Waals surface area contributed by atoms with Gasteiger partial charge < -0.3 is 14.9 Å². The molecule has 1 unspecified atom stereocenters. The van der Waals surface area contributed by atoms with Gasteiger partial charge in [-0.1, -0.05) is 18.2 Å². The highest BCUT2D eigenvalue weighted by Crippen LogP contribution is 2.30. The summed E-state index contributed by atoms with van der Waals surface area (Å²) in [4.78, 5) is 11.5. The molecule has 0 fully saturated rings. The minimum atomic E-state index is -1.43. The standard InChI is InChI=1S/C15H20O4/c1-5-11(3)14(17)19-9-15(4,18)12-7-6-10(2)8-13(12)16/h5-8,16,18H,9H2,1-4H3/b11-5-. The molecule has 1 atom stereocenters. The Morgan fingerprint density at radius 2 is 2.11 bits per heavy atom. The molecule has 0 aromatic heterocycles. The number of aliphatic hydroxyl groups is 1. The third-order valence-electron chi connectivity index (χ3n) is 2.97. The zero-order valence-electron chi connectivity index (χ0n) is 11.7. The van der Waals surface area contributed by atoms with E-state index in [9.17, 15) is 15.0 Å². The van der Waals surface area contributed by atoms with E-state index in [2.05, 4.69) is 0 Å². The van der Waals surface area contributed by atoms with Crippen molar-refractivity contribution in [1.82, 2.24) is 0 Å². The predicted octanol–water partition coefficient (Wildman–Crippen LogP) is 2.42. The van der Waals surface area contributed by atoms with Crippen molar-refractivity contribution in [3.63, 3.8) is 0 Å². The number of allylic oxidation sites excluding steroid dienone is 1. The van der Waals surface area contributed by atoms with Crippen LogP contribution in [0, 0.1) is 6.92 Å². The smallest absolute Gasteiger partial charge is 0.333 e. The van der Waals surface area contributed by atoms with Gasteiger partial charge in [0, 0.05) is 11.1 Å². The van der Waals surface area contributed by atoms with Gasteiger partial charge in [-0.05, 0) is 39.3 Å². The van der Waals surface area contributed by atoms with Crippen LogP contribution in [0.5, 0.6) is 5.75 Å². The molecular weight excluding hydrogens is 244 g/mol. The normalized spacial score (nSPS) is 14.9. The zero-order valence-corrected chi connectivity index (χ0v) is 11.7. The molecule has 2 N–H and O–H groups in total. The number of phenolic OH excluding ortho intramolecular Hbond substituents is 1. The second kappa shape index (κ2) is 5.89. The minimum Gasteiger partial charge on any atom is -0.508 e. The first-order valence-corrected chi connectivity index (χ1v) is 6.10. The van der Waals surface area contributed by atoms with Crippen LogP contribution in [0.15, 0.2) is 29.8 Å². The van der Waals surface area contributed by atoms with E-state index in [1.807, 2.05) is 6.92 Å². The maximum atomic E-state index is 11.5. The Balaban J connectivity index is 2.84. The van der Waals surface area contributed by atoms with Crippen molar-refractivity contribution in [2.45, 2.75) is 33.3 Å². The SMILES string of the molecule is C/C=C(/C)C(=O)OCC(C)(O)c1ccc(C)cc1O. The van der Waals surface area contributed by atoms with Crippen LogP contribution in [0.4, 0.5) is 0 Å². The summed E-state index contributed by atoms with van der Waals surface area (Å²) < 4.78 is 5.03. The quantitative estimate of drug-likeness (QED) is 0.647. The van der Waals surface area contributed by atoms with E-state index < -0.39 is 11.6 Å². The van der Waals surface area contributed by atoms with Gasteiger partial charge in [-0.15, -0.1) is 0 Å². The van der Waals surface area contributed by atoms with Gasteiger partial charge in [0.2, 0.25) is 0 Å². The van der Waals surface area contributed by atoms with Crippen LogP contribution in [-0.4, -0.2) is 22.8 Å². The number of esters is 1. The van der Waals surface area contributed by atoms with E-state index >= 15 is 0 Å². The van der Waals surface area contributed by atoms with Crippen LogP contribution in [-0.2, 0) is 15.1 Å². The number of hydrogen-bond acceptors (Lipinski definition) is 4. The third-order valence-corrected chi connectivity index (χ3v) is 2.97. The summed E-state index contributed by atoms with van der Waals surface area (Å²) in [5, 5.41) is 20.1. The van der Waals surface area contributed by atoms with Crippen LogP contribution < -0.4 is 0 Å². The fourth-order valence-corrected chi connectivity index (χ4v) is 1.61. The van der Waals surface area contributed by atoms with E-state index in [4.69, 9.17) is 4.74 Å². The number of carbonyl (C=O) groups excluding carboxylic acids is 1. The Morgan fingerprint density at radius 3 is 2.63 bits per heavy atom. The number of carbonyl (C=O) groups is 1. The molecule has 19 heavy (non-hydrogen) atoms.